The molecule has 1 atom stereocenters. The van der Waals surface area contributed by atoms with Gasteiger partial charge in [-0.05, 0) is 18.1 Å². The Morgan fingerprint density at radius 3 is 2.81 bits per heavy atom. The van der Waals surface area contributed by atoms with Crippen molar-refractivity contribution in [2.45, 2.75) is 12.5 Å². The fourth-order valence-corrected chi connectivity index (χ4v) is 1.46. The molecule has 0 fully saturated rings. The van der Waals surface area contributed by atoms with Gasteiger partial charge in [0.05, 0.1) is 6.61 Å². The SMILES string of the molecule is C=CCc1ccccc1OC(CN)COC. The van der Waals surface area contributed by atoms with Gasteiger partial charge in [0.15, 0.2) is 0 Å². The monoisotopic (exact) mass is 221 g/mol. The van der Waals surface area contributed by atoms with E-state index in [4.69, 9.17) is 15.2 Å². The van der Waals surface area contributed by atoms with Gasteiger partial charge in [-0.25, -0.2) is 0 Å². The fourth-order valence-electron chi connectivity index (χ4n) is 1.46. The van der Waals surface area contributed by atoms with Crippen LogP contribution in [-0.4, -0.2) is 26.4 Å². The summed E-state index contributed by atoms with van der Waals surface area (Å²) in [7, 11) is 1.64. The third-order valence-electron chi connectivity index (χ3n) is 2.25. The number of hydrogen-bond acceptors (Lipinski definition) is 3. The van der Waals surface area contributed by atoms with Crippen molar-refractivity contribution in [1.29, 1.82) is 0 Å². The smallest absolute Gasteiger partial charge is 0.134 e. The number of methoxy groups -OCH3 is 1. The summed E-state index contributed by atoms with van der Waals surface area (Å²) in [5.41, 5.74) is 6.72. The molecule has 2 N–H and O–H groups in total. The van der Waals surface area contributed by atoms with Crippen LogP contribution in [0.2, 0.25) is 0 Å². The largest absolute Gasteiger partial charge is 0.486 e. The van der Waals surface area contributed by atoms with Gasteiger partial charge < -0.3 is 15.2 Å². The Bertz CT molecular complexity index is 325. The minimum Gasteiger partial charge on any atom is -0.486 e. The van der Waals surface area contributed by atoms with E-state index in [1.165, 1.54) is 0 Å². The number of rotatable bonds is 7. The van der Waals surface area contributed by atoms with E-state index >= 15 is 0 Å². The lowest BCUT2D eigenvalue weighted by atomic mass is 10.1. The minimum atomic E-state index is -0.101. The summed E-state index contributed by atoms with van der Waals surface area (Å²) in [6, 6.07) is 7.90. The number of benzene rings is 1. The van der Waals surface area contributed by atoms with E-state index < -0.39 is 0 Å². The number of nitrogens with two attached hydrogens (primary N) is 1. The van der Waals surface area contributed by atoms with E-state index in [0.29, 0.717) is 13.2 Å². The third kappa shape index (κ3) is 3.68. The molecule has 3 nitrogen and oxygen atoms in total. The van der Waals surface area contributed by atoms with Crippen molar-refractivity contribution >= 4 is 0 Å². The second kappa shape index (κ2) is 7.04. The number of allylic oxidation sites excluding steroid dienone is 1. The summed E-state index contributed by atoms with van der Waals surface area (Å²) >= 11 is 0. The number of para-hydroxylation sites is 1. The summed E-state index contributed by atoms with van der Waals surface area (Å²) in [6.45, 7) is 4.67. The molecule has 0 radical (unpaired) electrons. The van der Waals surface area contributed by atoms with E-state index in [9.17, 15) is 0 Å². The maximum Gasteiger partial charge on any atom is 0.134 e. The molecular weight excluding hydrogens is 202 g/mol. The van der Waals surface area contributed by atoms with Crippen molar-refractivity contribution in [3.05, 3.63) is 42.5 Å². The normalized spacial score (nSPS) is 12.1. The molecule has 0 aromatic heterocycles. The van der Waals surface area contributed by atoms with Crippen LogP contribution in [0.1, 0.15) is 5.56 Å². The van der Waals surface area contributed by atoms with Gasteiger partial charge in [-0.3, -0.25) is 0 Å². The predicted molar refractivity (Wildman–Crippen MR) is 65.7 cm³/mol. The van der Waals surface area contributed by atoms with Crippen LogP contribution in [0.4, 0.5) is 0 Å². The molecule has 1 aromatic carbocycles. The van der Waals surface area contributed by atoms with Gasteiger partial charge in [0, 0.05) is 13.7 Å². The fraction of sp³-hybridized carbons (Fsp3) is 0.385. The van der Waals surface area contributed by atoms with Crippen LogP contribution in [0.15, 0.2) is 36.9 Å². The Balaban J connectivity index is 2.73. The van der Waals surface area contributed by atoms with Gasteiger partial charge in [0.1, 0.15) is 11.9 Å². The average molecular weight is 221 g/mol. The highest BCUT2D eigenvalue weighted by Gasteiger charge is 2.10. The second-order valence-corrected chi connectivity index (χ2v) is 3.53. The molecule has 0 saturated heterocycles. The van der Waals surface area contributed by atoms with Gasteiger partial charge in [-0.15, -0.1) is 6.58 Å². The van der Waals surface area contributed by atoms with Gasteiger partial charge in [-0.1, -0.05) is 24.3 Å². The van der Waals surface area contributed by atoms with E-state index in [-0.39, 0.29) is 6.10 Å². The Labute approximate surface area is 96.9 Å². The Hall–Kier alpha value is -1.32. The molecule has 1 rings (SSSR count). The molecule has 0 saturated carbocycles. The van der Waals surface area contributed by atoms with Crippen LogP contribution in [0.3, 0.4) is 0 Å². The summed E-state index contributed by atoms with van der Waals surface area (Å²) < 4.78 is 10.8. The first kappa shape index (κ1) is 12.7. The van der Waals surface area contributed by atoms with E-state index in [2.05, 4.69) is 6.58 Å². The summed E-state index contributed by atoms with van der Waals surface area (Å²) in [5, 5.41) is 0. The minimum absolute atomic E-state index is 0.101. The highest BCUT2D eigenvalue weighted by atomic mass is 16.5. The molecule has 1 unspecified atom stereocenters. The standard InChI is InChI=1S/C13H19NO2/c1-3-6-11-7-4-5-8-13(11)16-12(9-14)10-15-2/h3-5,7-8,12H,1,6,9-10,14H2,2H3. The van der Waals surface area contributed by atoms with Crippen molar-refractivity contribution in [2.75, 3.05) is 20.3 Å². The summed E-state index contributed by atoms with van der Waals surface area (Å²) in [6.07, 6.45) is 2.55. The van der Waals surface area contributed by atoms with Gasteiger partial charge in [-0.2, -0.15) is 0 Å². The zero-order valence-corrected chi connectivity index (χ0v) is 9.69. The zero-order valence-electron chi connectivity index (χ0n) is 9.69. The molecule has 0 heterocycles. The van der Waals surface area contributed by atoms with Crippen molar-refractivity contribution in [2.24, 2.45) is 5.73 Å². The molecule has 0 aliphatic heterocycles. The van der Waals surface area contributed by atoms with E-state index in [1.807, 2.05) is 30.3 Å². The molecule has 1 aromatic rings. The molecule has 0 aliphatic rings. The van der Waals surface area contributed by atoms with Gasteiger partial charge in [0.2, 0.25) is 0 Å². The molecule has 0 aliphatic carbocycles. The maximum absolute atomic E-state index is 5.79. The van der Waals surface area contributed by atoms with E-state index in [0.717, 1.165) is 17.7 Å². The van der Waals surface area contributed by atoms with Gasteiger partial charge >= 0.3 is 0 Å². The molecule has 0 bridgehead atoms. The second-order valence-electron chi connectivity index (χ2n) is 3.53. The van der Waals surface area contributed by atoms with Crippen molar-refractivity contribution in [3.63, 3.8) is 0 Å². The van der Waals surface area contributed by atoms with Crippen LogP contribution in [-0.2, 0) is 11.2 Å². The van der Waals surface area contributed by atoms with Gasteiger partial charge in [0.25, 0.3) is 0 Å². The average Bonchev–Trinajstić information content (AvgIpc) is 2.31. The van der Waals surface area contributed by atoms with Crippen molar-refractivity contribution in [3.8, 4) is 5.75 Å². The predicted octanol–water partition coefficient (Wildman–Crippen LogP) is 1.77. The molecule has 0 amide bonds. The molecule has 88 valence electrons. The number of hydrogen-bond donors (Lipinski definition) is 1. The lowest BCUT2D eigenvalue weighted by Gasteiger charge is -2.18. The van der Waals surface area contributed by atoms with Crippen LogP contribution in [0.25, 0.3) is 0 Å². The summed E-state index contributed by atoms with van der Waals surface area (Å²) in [4.78, 5) is 0. The topological polar surface area (TPSA) is 44.5 Å². The van der Waals surface area contributed by atoms with Crippen LogP contribution in [0, 0.1) is 0 Å². The van der Waals surface area contributed by atoms with Crippen molar-refractivity contribution < 1.29 is 9.47 Å². The highest BCUT2D eigenvalue weighted by Crippen LogP contribution is 2.20. The highest BCUT2D eigenvalue weighted by molar-refractivity contribution is 5.34. The van der Waals surface area contributed by atoms with Crippen LogP contribution >= 0.6 is 0 Å². The lowest BCUT2D eigenvalue weighted by molar-refractivity contribution is 0.0855. The first-order valence-electron chi connectivity index (χ1n) is 5.36. The molecular formula is C13H19NO2. The molecule has 3 heteroatoms. The Morgan fingerprint density at radius 1 is 1.44 bits per heavy atom. The first-order valence-corrected chi connectivity index (χ1v) is 5.36. The van der Waals surface area contributed by atoms with Crippen LogP contribution in [0.5, 0.6) is 5.75 Å². The van der Waals surface area contributed by atoms with Crippen LogP contribution < -0.4 is 10.5 Å². The summed E-state index contributed by atoms with van der Waals surface area (Å²) in [5.74, 6) is 0.856. The molecule has 0 spiro atoms. The Morgan fingerprint density at radius 2 is 2.19 bits per heavy atom. The Kier molecular flexibility index (Phi) is 5.61. The zero-order chi connectivity index (χ0) is 11.8. The maximum atomic E-state index is 5.79. The third-order valence-corrected chi connectivity index (χ3v) is 2.25. The van der Waals surface area contributed by atoms with E-state index in [1.54, 1.807) is 7.11 Å². The lowest BCUT2D eigenvalue weighted by Crippen LogP contribution is -2.31. The number of ether oxygens (including phenoxy) is 2. The first-order chi connectivity index (χ1) is 7.81. The quantitative estimate of drug-likeness (QED) is 0.714. The van der Waals surface area contributed by atoms with Crippen molar-refractivity contribution in [1.82, 2.24) is 0 Å². The molecule has 16 heavy (non-hydrogen) atoms.